The molecule has 204 valence electrons. The van der Waals surface area contributed by atoms with E-state index in [1.165, 1.54) is 42.5 Å². The molecule has 0 saturated carbocycles. The van der Waals surface area contributed by atoms with E-state index in [1.807, 2.05) is 0 Å². The number of aromatic nitrogens is 2. The lowest BCUT2D eigenvalue weighted by Gasteiger charge is -2.27. The number of rotatable bonds is 7. The van der Waals surface area contributed by atoms with Crippen molar-refractivity contribution in [1.29, 1.82) is 0 Å². The van der Waals surface area contributed by atoms with Crippen LogP contribution in [0.5, 0.6) is 0 Å². The summed E-state index contributed by atoms with van der Waals surface area (Å²) >= 11 is 0. The number of carboxylic acid groups (broad SMARTS) is 2. The van der Waals surface area contributed by atoms with Crippen molar-refractivity contribution in [3.05, 3.63) is 82.6 Å². The maximum absolute atomic E-state index is 15.8. The van der Waals surface area contributed by atoms with Gasteiger partial charge in [0.05, 0.1) is 33.8 Å². The van der Waals surface area contributed by atoms with Crippen molar-refractivity contribution in [3.8, 4) is 0 Å². The molecule has 39 heavy (non-hydrogen) atoms. The van der Waals surface area contributed by atoms with E-state index in [-0.39, 0.29) is 39.8 Å². The first-order chi connectivity index (χ1) is 18.2. The highest BCUT2D eigenvalue weighted by molar-refractivity contribution is 6.04. The monoisotopic (exact) mass is 545 g/mol. The number of hydrogen-bond donors (Lipinski definition) is 3. The van der Waals surface area contributed by atoms with Crippen molar-refractivity contribution in [2.45, 2.75) is 38.0 Å². The van der Waals surface area contributed by atoms with Crippen LogP contribution in [-0.2, 0) is 22.2 Å². The third-order valence-corrected chi connectivity index (χ3v) is 6.45. The number of carbonyl (C=O) groups is 3. The van der Waals surface area contributed by atoms with Crippen molar-refractivity contribution in [1.82, 2.24) is 9.78 Å². The summed E-state index contributed by atoms with van der Waals surface area (Å²) in [7, 11) is 0. The molecular weight excluding hydrogens is 522 g/mol. The number of nitrogens with one attached hydrogen (secondary N) is 1. The highest BCUT2D eigenvalue weighted by Gasteiger charge is 2.40. The summed E-state index contributed by atoms with van der Waals surface area (Å²) < 4.78 is 58.3. The summed E-state index contributed by atoms with van der Waals surface area (Å²) in [5.74, 6) is -4.80. The number of carboxylic acids is 2. The number of aliphatic carboxylic acids is 2. The minimum Gasteiger partial charge on any atom is -0.480 e. The number of nitrogens with zero attached hydrogens (tertiary/aromatic N) is 2. The average Bonchev–Trinajstić information content (AvgIpc) is 3.23. The van der Waals surface area contributed by atoms with Crippen molar-refractivity contribution in [3.63, 3.8) is 0 Å². The zero-order valence-electron chi connectivity index (χ0n) is 20.7. The van der Waals surface area contributed by atoms with E-state index in [9.17, 15) is 32.7 Å². The van der Waals surface area contributed by atoms with E-state index in [2.05, 4.69) is 10.4 Å². The lowest BCUT2D eigenvalue weighted by atomic mass is 9.81. The van der Waals surface area contributed by atoms with Crippen LogP contribution < -0.4 is 5.32 Å². The summed E-state index contributed by atoms with van der Waals surface area (Å²) in [6.45, 7) is 2.25. The number of halogens is 4. The Labute approximate surface area is 219 Å². The predicted molar refractivity (Wildman–Crippen MR) is 134 cm³/mol. The van der Waals surface area contributed by atoms with Crippen LogP contribution >= 0.6 is 0 Å². The number of anilines is 1. The first-order valence-electron chi connectivity index (χ1n) is 11.8. The van der Waals surface area contributed by atoms with E-state index < -0.39 is 53.3 Å². The fourth-order valence-corrected chi connectivity index (χ4v) is 4.62. The second kappa shape index (κ2) is 10.0. The standard InChI is InChI=1S/C27H23F4N3O5/c1-3-14-5-4-6-18(27(29,30)31)22(14)24(37)34-20-11-16(32-13-21(35)36)8-9-17(20)23(33-34)19-10-7-15(25(38)39)12-26(19,2)28/h4-12,19,32H,3,13H2,1-2H3,(H,35,36)(H,38,39). The Kier molecular flexibility index (Phi) is 7.07. The van der Waals surface area contributed by atoms with E-state index in [1.54, 1.807) is 6.92 Å². The summed E-state index contributed by atoms with van der Waals surface area (Å²) in [6.07, 6.45) is -1.36. The average molecular weight is 545 g/mol. The maximum Gasteiger partial charge on any atom is 0.417 e. The van der Waals surface area contributed by atoms with Crippen molar-refractivity contribution in [2.24, 2.45) is 0 Å². The highest BCUT2D eigenvalue weighted by atomic mass is 19.4. The van der Waals surface area contributed by atoms with Crippen LogP contribution in [0.3, 0.4) is 0 Å². The van der Waals surface area contributed by atoms with E-state index in [0.29, 0.717) is 0 Å². The number of aryl methyl sites for hydroxylation is 1. The summed E-state index contributed by atoms with van der Waals surface area (Å²) in [4.78, 5) is 36.2. The molecule has 1 heterocycles. The Balaban J connectivity index is 1.95. The fourth-order valence-electron chi connectivity index (χ4n) is 4.62. The second-order valence-electron chi connectivity index (χ2n) is 9.17. The van der Waals surface area contributed by atoms with Crippen molar-refractivity contribution < 1.29 is 42.2 Å². The number of allylic oxidation sites excluding steroid dienone is 2. The largest absolute Gasteiger partial charge is 0.480 e. The zero-order valence-corrected chi connectivity index (χ0v) is 20.7. The van der Waals surface area contributed by atoms with Crippen LogP contribution in [0.2, 0.25) is 0 Å². The molecule has 1 aliphatic carbocycles. The molecule has 0 radical (unpaired) electrons. The molecule has 4 rings (SSSR count). The topological polar surface area (TPSA) is 122 Å². The smallest absolute Gasteiger partial charge is 0.417 e. The molecule has 2 aromatic carbocycles. The van der Waals surface area contributed by atoms with Gasteiger partial charge in [-0.1, -0.05) is 31.2 Å². The minimum atomic E-state index is -4.85. The normalized spacial score (nSPS) is 19.1. The van der Waals surface area contributed by atoms with Crippen LogP contribution in [0.4, 0.5) is 23.2 Å². The molecule has 2 atom stereocenters. The summed E-state index contributed by atoms with van der Waals surface area (Å²) in [5, 5.41) is 25.4. The van der Waals surface area contributed by atoms with Crippen LogP contribution in [0.25, 0.3) is 10.9 Å². The Bertz CT molecular complexity index is 1550. The van der Waals surface area contributed by atoms with Gasteiger partial charge in [0.2, 0.25) is 0 Å². The van der Waals surface area contributed by atoms with Gasteiger partial charge in [0.1, 0.15) is 12.2 Å². The van der Waals surface area contributed by atoms with Gasteiger partial charge in [-0.2, -0.15) is 23.0 Å². The maximum atomic E-state index is 15.8. The molecule has 3 aromatic rings. The number of fused-ring (bicyclic) bond motifs is 1. The molecule has 2 unspecified atom stereocenters. The predicted octanol–water partition coefficient (Wildman–Crippen LogP) is 5.20. The van der Waals surface area contributed by atoms with Gasteiger partial charge in [0.25, 0.3) is 5.91 Å². The Morgan fingerprint density at radius 2 is 1.87 bits per heavy atom. The van der Waals surface area contributed by atoms with Crippen LogP contribution in [0.1, 0.15) is 46.9 Å². The van der Waals surface area contributed by atoms with Gasteiger partial charge >= 0.3 is 18.1 Å². The molecule has 0 fully saturated rings. The fraction of sp³-hybridized carbons (Fsp3) is 0.259. The van der Waals surface area contributed by atoms with Gasteiger partial charge in [-0.05, 0) is 49.2 Å². The zero-order chi connectivity index (χ0) is 28.7. The van der Waals surface area contributed by atoms with Crippen LogP contribution in [-0.4, -0.2) is 50.1 Å². The summed E-state index contributed by atoms with van der Waals surface area (Å²) in [6, 6.07) is 7.65. The van der Waals surface area contributed by atoms with Gasteiger partial charge < -0.3 is 15.5 Å². The Hall–Kier alpha value is -4.48. The number of alkyl halides is 4. The van der Waals surface area contributed by atoms with Gasteiger partial charge in [-0.3, -0.25) is 9.59 Å². The molecular formula is C27H23F4N3O5. The summed E-state index contributed by atoms with van der Waals surface area (Å²) in [5.41, 5.74) is -3.95. The first kappa shape index (κ1) is 27.6. The quantitative estimate of drug-likeness (QED) is 0.349. The lowest BCUT2D eigenvalue weighted by Crippen LogP contribution is -2.29. The second-order valence-corrected chi connectivity index (χ2v) is 9.17. The number of hydrogen-bond acceptors (Lipinski definition) is 5. The lowest BCUT2D eigenvalue weighted by molar-refractivity contribution is -0.138. The SMILES string of the molecule is CCc1cccc(C(F)(F)F)c1C(=O)n1nc(C2C=CC(C(=O)O)=CC2(C)F)c2ccc(NCC(=O)O)cc21. The van der Waals surface area contributed by atoms with Gasteiger partial charge in [0, 0.05) is 11.1 Å². The van der Waals surface area contributed by atoms with Crippen LogP contribution in [0, 0.1) is 0 Å². The molecule has 0 spiro atoms. The van der Waals surface area contributed by atoms with Gasteiger partial charge in [-0.15, -0.1) is 0 Å². The first-order valence-corrected chi connectivity index (χ1v) is 11.8. The molecule has 1 aromatic heterocycles. The number of benzene rings is 2. The molecule has 0 bridgehead atoms. The third kappa shape index (κ3) is 5.27. The number of carbonyl (C=O) groups excluding carboxylic acids is 1. The highest BCUT2D eigenvalue weighted by Crippen LogP contribution is 2.41. The van der Waals surface area contributed by atoms with E-state index in [4.69, 9.17) is 5.11 Å². The van der Waals surface area contributed by atoms with Crippen molar-refractivity contribution >= 4 is 34.4 Å². The molecule has 0 saturated heterocycles. The van der Waals surface area contributed by atoms with Crippen molar-refractivity contribution in [2.75, 3.05) is 11.9 Å². The van der Waals surface area contributed by atoms with Gasteiger partial charge in [0.15, 0.2) is 0 Å². The Morgan fingerprint density at radius 1 is 1.15 bits per heavy atom. The molecule has 12 heteroatoms. The molecule has 0 amide bonds. The Morgan fingerprint density at radius 3 is 2.46 bits per heavy atom. The van der Waals surface area contributed by atoms with E-state index >= 15 is 4.39 Å². The van der Waals surface area contributed by atoms with E-state index in [0.717, 1.165) is 23.7 Å². The molecule has 1 aliphatic rings. The van der Waals surface area contributed by atoms with Gasteiger partial charge in [-0.25, -0.2) is 9.18 Å². The molecule has 0 aliphatic heterocycles. The molecule has 3 N–H and O–H groups in total. The minimum absolute atomic E-state index is 0.00684. The third-order valence-electron chi connectivity index (χ3n) is 6.45. The molecule has 8 nitrogen and oxygen atoms in total. The van der Waals surface area contributed by atoms with Crippen LogP contribution in [0.15, 0.2) is 60.2 Å².